The monoisotopic (exact) mass is 288 g/mol. The lowest BCUT2D eigenvalue weighted by Crippen LogP contribution is -2.44. The fraction of sp³-hybridized carbons (Fsp3) is 0.529. The number of carbonyl (C=O) groups is 2. The number of amides is 2. The molecule has 1 aliphatic heterocycles. The van der Waals surface area contributed by atoms with Crippen molar-refractivity contribution in [3.05, 3.63) is 35.9 Å². The molecule has 0 bridgehead atoms. The van der Waals surface area contributed by atoms with Gasteiger partial charge in [-0.3, -0.25) is 9.59 Å². The second kappa shape index (κ2) is 7.25. The number of rotatable bonds is 5. The Kier molecular flexibility index (Phi) is 5.37. The fourth-order valence-electron chi connectivity index (χ4n) is 3.04. The summed E-state index contributed by atoms with van der Waals surface area (Å²) < 4.78 is 0. The molecule has 2 atom stereocenters. The Bertz CT molecular complexity index is 487. The quantitative estimate of drug-likeness (QED) is 0.904. The zero-order chi connectivity index (χ0) is 15.2. The SMILES string of the molecule is CCCC1CC(C(=O)NCc2ccccc2)N(C(C)=O)C1. The van der Waals surface area contributed by atoms with Gasteiger partial charge in [0.1, 0.15) is 6.04 Å². The van der Waals surface area contributed by atoms with E-state index < -0.39 is 0 Å². The molecule has 0 aromatic heterocycles. The van der Waals surface area contributed by atoms with Crippen LogP contribution in [0.1, 0.15) is 38.7 Å². The Labute approximate surface area is 126 Å². The predicted molar refractivity (Wildman–Crippen MR) is 82.5 cm³/mol. The van der Waals surface area contributed by atoms with Crippen LogP contribution in [0, 0.1) is 5.92 Å². The Morgan fingerprint density at radius 2 is 2.00 bits per heavy atom. The van der Waals surface area contributed by atoms with Gasteiger partial charge in [-0.2, -0.15) is 0 Å². The minimum atomic E-state index is -0.303. The van der Waals surface area contributed by atoms with Gasteiger partial charge in [0.15, 0.2) is 0 Å². The van der Waals surface area contributed by atoms with Crippen LogP contribution >= 0.6 is 0 Å². The molecule has 0 aliphatic carbocycles. The van der Waals surface area contributed by atoms with Crippen LogP contribution in [0.2, 0.25) is 0 Å². The van der Waals surface area contributed by atoms with Crippen LogP contribution in [0.15, 0.2) is 30.3 Å². The summed E-state index contributed by atoms with van der Waals surface area (Å²) in [6, 6.07) is 9.53. The van der Waals surface area contributed by atoms with Gasteiger partial charge < -0.3 is 10.2 Å². The van der Waals surface area contributed by atoms with Crippen LogP contribution in [0.4, 0.5) is 0 Å². The van der Waals surface area contributed by atoms with Crippen LogP contribution < -0.4 is 5.32 Å². The Balaban J connectivity index is 1.94. The lowest BCUT2D eigenvalue weighted by atomic mass is 10.00. The van der Waals surface area contributed by atoms with E-state index in [1.54, 1.807) is 11.8 Å². The van der Waals surface area contributed by atoms with Crippen molar-refractivity contribution >= 4 is 11.8 Å². The number of hydrogen-bond acceptors (Lipinski definition) is 2. The number of nitrogens with one attached hydrogen (secondary N) is 1. The highest BCUT2D eigenvalue weighted by Crippen LogP contribution is 2.27. The largest absolute Gasteiger partial charge is 0.350 e. The summed E-state index contributed by atoms with van der Waals surface area (Å²) in [6.07, 6.45) is 2.95. The first-order chi connectivity index (χ1) is 10.1. The standard InChI is InChI=1S/C17H24N2O2/c1-3-7-15-10-16(19(12-15)13(2)20)17(21)18-11-14-8-5-4-6-9-14/h4-6,8-9,15-16H,3,7,10-12H2,1-2H3,(H,18,21). The summed E-state index contributed by atoms with van der Waals surface area (Å²) in [4.78, 5) is 25.8. The molecule has 1 heterocycles. The molecule has 1 aromatic rings. The third kappa shape index (κ3) is 4.06. The van der Waals surface area contributed by atoms with Gasteiger partial charge in [0.25, 0.3) is 0 Å². The molecule has 0 saturated carbocycles. The van der Waals surface area contributed by atoms with Gasteiger partial charge in [-0.05, 0) is 24.3 Å². The van der Waals surface area contributed by atoms with E-state index in [-0.39, 0.29) is 17.9 Å². The number of nitrogens with zero attached hydrogens (tertiary/aromatic N) is 1. The molecular weight excluding hydrogens is 264 g/mol. The van der Waals surface area contributed by atoms with Crippen molar-refractivity contribution in [2.75, 3.05) is 6.54 Å². The van der Waals surface area contributed by atoms with Crippen LogP contribution in [0.5, 0.6) is 0 Å². The van der Waals surface area contributed by atoms with Crippen molar-refractivity contribution in [2.45, 2.75) is 45.7 Å². The molecule has 2 rings (SSSR count). The van der Waals surface area contributed by atoms with Crippen LogP contribution in [0.3, 0.4) is 0 Å². The maximum atomic E-state index is 12.4. The molecule has 1 aliphatic rings. The van der Waals surface area contributed by atoms with Gasteiger partial charge >= 0.3 is 0 Å². The number of benzene rings is 1. The molecule has 1 saturated heterocycles. The molecule has 21 heavy (non-hydrogen) atoms. The van der Waals surface area contributed by atoms with Crippen molar-refractivity contribution in [3.63, 3.8) is 0 Å². The average molecular weight is 288 g/mol. The summed E-state index contributed by atoms with van der Waals surface area (Å²) >= 11 is 0. The number of carbonyl (C=O) groups excluding carboxylic acids is 2. The Morgan fingerprint density at radius 1 is 1.29 bits per heavy atom. The van der Waals surface area contributed by atoms with E-state index in [4.69, 9.17) is 0 Å². The molecule has 0 spiro atoms. The van der Waals surface area contributed by atoms with E-state index in [1.807, 2.05) is 30.3 Å². The zero-order valence-electron chi connectivity index (χ0n) is 12.8. The van der Waals surface area contributed by atoms with E-state index in [2.05, 4.69) is 12.2 Å². The Hall–Kier alpha value is -1.84. The molecule has 2 unspecified atom stereocenters. The molecule has 1 N–H and O–H groups in total. The van der Waals surface area contributed by atoms with Gasteiger partial charge in [0, 0.05) is 20.0 Å². The van der Waals surface area contributed by atoms with Crippen LogP contribution in [0.25, 0.3) is 0 Å². The maximum absolute atomic E-state index is 12.4. The van der Waals surface area contributed by atoms with E-state index in [1.165, 1.54) is 0 Å². The predicted octanol–water partition coefficient (Wildman–Crippen LogP) is 2.34. The normalized spacial score (nSPS) is 21.3. The molecule has 2 amide bonds. The molecule has 4 nitrogen and oxygen atoms in total. The van der Waals surface area contributed by atoms with Gasteiger partial charge in [-0.15, -0.1) is 0 Å². The first-order valence-corrected chi connectivity index (χ1v) is 7.70. The number of hydrogen-bond donors (Lipinski definition) is 1. The highest BCUT2D eigenvalue weighted by Gasteiger charge is 2.37. The highest BCUT2D eigenvalue weighted by molar-refractivity contribution is 5.87. The van der Waals surface area contributed by atoms with E-state index in [0.29, 0.717) is 19.0 Å². The van der Waals surface area contributed by atoms with Gasteiger partial charge in [0.2, 0.25) is 11.8 Å². The summed E-state index contributed by atoms with van der Waals surface area (Å²) in [7, 11) is 0. The van der Waals surface area contributed by atoms with E-state index in [0.717, 1.165) is 24.8 Å². The van der Waals surface area contributed by atoms with E-state index >= 15 is 0 Å². The molecular formula is C17H24N2O2. The fourth-order valence-corrected chi connectivity index (χ4v) is 3.04. The number of likely N-dealkylation sites (tertiary alicyclic amines) is 1. The summed E-state index contributed by atoms with van der Waals surface area (Å²) in [5, 5.41) is 2.96. The van der Waals surface area contributed by atoms with Crippen molar-refractivity contribution in [1.82, 2.24) is 10.2 Å². The Morgan fingerprint density at radius 3 is 2.62 bits per heavy atom. The van der Waals surface area contributed by atoms with E-state index in [9.17, 15) is 9.59 Å². The van der Waals surface area contributed by atoms with Crippen molar-refractivity contribution in [2.24, 2.45) is 5.92 Å². The van der Waals surface area contributed by atoms with Gasteiger partial charge in [0.05, 0.1) is 0 Å². The van der Waals surface area contributed by atoms with Gasteiger partial charge in [-0.1, -0.05) is 43.7 Å². The topological polar surface area (TPSA) is 49.4 Å². The third-order valence-corrected chi connectivity index (χ3v) is 4.10. The summed E-state index contributed by atoms with van der Waals surface area (Å²) in [5.74, 6) is 0.410. The van der Waals surface area contributed by atoms with Crippen molar-refractivity contribution < 1.29 is 9.59 Å². The average Bonchev–Trinajstić information content (AvgIpc) is 2.90. The maximum Gasteiger partial charge on any atom is 0.243 e. The first-order valence-electron chi connectivity index (χ1n) is 7.70. The highest BCUT2D eigenvalue weighted by atomic mass is 16.2. The molecule has 4 heteroatoms. The third-order valence-electron chi connectivity index (χ3n) is 4.10. The summed E-state index contributed by atoms with van der Waals surface area (Å²) in [5.41, 5.74) is 1.07. The second-order valence-electron chi connectivity index (χ2n) is 5.78. The smallest absolute Gasteiger partial charge is 0.243 e. The second-order valence-corrected chi connectivity index (χ2v) is 5.78. The van der Waals surface area contributed by atoms with Gasteiger partial charge in [-0.25, -0.2) is 0 Å². The molecule has 0 radical (unpaired) electrons. The van der Waals surface area contributed by atoms with Crippen molar-refractivity contribution in [3.8, 4) is 0 Å². The zero-order valence-corrected chi connectivity index (χ0v) is 12.8. The lowest BCUT2D eigenvalue weighted by Gasteiger charge is -2.22. The molecule has 114 valence electrons. The van der Waals surface area contributed by atoms with Crippen molar-refractivity contribution in [1.29, 1.82) is 0 Å². The minimum Gasteiger partial charge on any atom is -0.350 e. The first kappa shape index (κ1) is 15.5. The summed E-state index contributed by atoms with van der Waals surface area (Å²) in [6.45, 7) is 4.92. The van der Waals surface area contributed by atoms with Crippen LogP contribution in [-0.2, 0) is 16.1 Å². The molecule has 1 fully saturated rings. The lowest BCUT2D eigenvalue weighted by molar-refractivity contribution is -0.136. The minimum absolute atomic E-state index is 0.00605. The van der Waals surface area contributed by atoms with Crippen LogP contribution in [-0.4, -0.2) is 29.3 Å². The molecule has 1 aromatic carbocycles.